The average Bonchev–Trinajstić information content (AvgIpc) is 1.65. The molecule has 0 bridgehead atoms. The Morgan fingerprint density at radius 3 is 1.56 bits per heavy atom. The predicted octanol–water partition coefficient (Wildman–Crippen LogP) is 0.725. The molecule has 0 aliphatic carbocycles. The first-order valence-electron chi connectivity index (χ1n) is 2.21. The molecule has 0 spiro atoms. The average molecular weight is 150 g/mol. The molecule has 1 N–H and O–H groups in total. The van der Waals surface area contributed by atoms with Crippen LogP contribution in [0.4, 0.5) is 0 Å². The minimum absolute atomic E-state index is 1.13. The molecule has 0 aliphatic heterocycles. The van der Waals surface area contributed by atoms with E-state index in [-0.39, 0.29) is 0 Å². The van der Waals surface area contributed by atoms with E-state index in [0.717, 1.165) is 5.71 Å². The Hall–Kier alpha value is -0.710. The van der Waals surface area contributed by atoms with Crippen LogP contribution in [0.1, 0.15) is 13.8 Å². The van der Waals surface area contributed by atoms with Crippen molar-refractivity contribution in [1.29, 1.82) is 4.78 Å². The van der Waals surface area contributed by atoms with Crippen molar-refractivity contribution in [2.75, 3.05) is 7.05 Å². The molecule has 0 unspecified atom stereocenters. The molecule has 0 fully saturated rings. The number of rotatable bonds is 0. The lowest BCUT2D eigenvalue weighted by Crippen LogP contribution is -1.74. The van der Waals surface area contributed by atoms with Gasteiger partial charge in [0, 0.05) is 12.8 Å². The minimum Gasteiger partial charge on any atom is -0.298 e. The summed E-state index contributed by atoms with van der Waals surface area (Å²) in [7, 11) is -0.824. The molecule has 0 saturated carbocycles. The summed E-state index contributed by atoms with van der Waals surface area (Å²) in [5.41, 5.74) is 1.13. The Labute approximate surface area is 56.1 Å². The van der Waals surface area contributed by atoms with Crippen molar-refractivity contribution in [2.45, 2.75) is 13.8 Å². The number of hydrogen-bond acceptors (Lipinski definition) is 4. The van der Waals surface area contributed by atoms with Gasteiger partial charge in [-0.25, -0.2) is 0 Å². The van der Waals surface area contributed by atoms with Gasteiger partial charge in [0.1, 0.15) is 0 Å². The Morgan fingerprint density at radius 2 is 1.56 bits per heavy atom. The Bertz CT molecular complexity index is 167. The molecule has 0 rings (SSSR count). The van der Waals surface area contributed by atoms with Gasteiger partial charge in [0.05, 0.1) is 0 Å². The summed E-state index contributed by atoms with van der Waals surface area (Å²) in [5.74, 6) is 0. The van der Waals surface area contributed by atoms with Gasteiger partial charge >= 0.3 is 10.5 Å². The molecule has 0 saturated heterocycles. The van der Waals surface area contributed by atoms with Crippen molar-refractivity contribution < 1.29 is 8.42 Å². The van der Waals surface area contributed by atoms with Gasteiger partial charge in [-0.1, -0.05) is 0 Å². The van der Waals surface area contributed by atoms with Crippen LogP contribution in [0.5, 0.6) is 0 Å². The molecule has 5 heteroatoms. The molecule has 0 aromatic rings. The highest BCUT2D eigenvalue weighted by Crippen LogP contribution is 1.63. The van der Waals surface area contributed by atoms with Crippen molar-refractivity contribution in [3.63, 3.8) is 0 Å². The standard InChI is InChI=1S/C4H9N.HNO2S/c1-4(2)5-3;1-4(2)3/h1-3H3;1H. The van der Waals surface area contributed by atoms with E-state index in [4.69, 9.17) is 13.2 Å². The molecular formula is C4H10N2O2S. The zero-order valence-electron chi connectivity index (χ0n) is 5.67. The van der Waals surface area contributed by atoms with Gasteiger partial charge in [0.25, 0.3) is 0 Å². The van der Waals surface area contributed by atoms with Gasteiger partial charge in [-0.2, -0.15) is 13.2 Å². The van der Waals surface area contributed by atoms with Gasteiger partial charge in [-0.15, -0.1) is 0 Å². The second-order valence-corrected chi connectivity index (χ2v) is 1.87. The highest BCUT2D eigenvalue weighted by atomic mass is 32.2. The van der Waals surface area contributed by atoms with E-state index in [2.05, 4.69) is 4.99 Å². The summed E-state index contributed by atoms with van der Waals surface area (Å²) in [6.07, 6.45) is 0. The van der Waals surface area contributed by atoms with Crippen LogP contribution in [0.2, 0.25) is 0 Å². The van der Waals surface area contributed by atoms with E-state index in [1.165, 1.54) is 0 Å². The van der Waals surface area contributed by atoms with Crippen LogP contribution in [-0.2, 0) is 10.5 Å². The smallest absolute Gasteiger partial charge is 0.298 e. The fourth-order valence-electron chi connectivity index (χ4n) is 0. The molecular weight excluding hydrogens is 140 g/mol. The van der Waals surface area contributed by atoms with Crippen LogP contribution in [0.3, 0.4) is 0 Å². The largest absolute Gasteiger partial charge is 0.308 e. The maximum atomic E-state index is 8.67. The van der Waals surface area contributed by atoms with Crippen molar-refractivity contribution >= 4 is 16.2 Å². The third kappa shape index (κ3) is 123. The van der Waals surface area contributed by atoms with Gasteiger partial charge in [0.2, 0.25) is 0 Å². The molecule has 4 nitrogen and oxygen atoms in total. The van der Waals surface area contributed by atoms with Crippen molar-refractivity contribution in [1.82, 2.24) is 0 Å². The van der Waals surface area contributed by atoms with E-state index in [0.29, 0.717) is 0 Å². The highest BCUT2D eigenvalue weighted by molar-refractivity contribution is 7.60. The number of nitrogens with one attached hydrogen (secondary N) is 1. The number of aliphatic imine (C=N–C) groups is 1. The summed E-state index contributed by atoms with van der Waals surface area (Å²) in [6.45, 7) is 3.94. The molecule has 0 amide bonds. The van der Waals surface area contributed by atoms with Crippen molar-refractivity contribution in [3.8, 4) is 0 Å². The summed E-state index contributed by atoms with van der Waals surface area (Å²) in [6, 6.07) is 0. The van der Waals surface area contributed by atoms with E-state index >= 15 is 0 Å². The fourth-order valence-corrected chi connectivity index (χ4v) is 0. The molecule has 0 aromatic carbocycles. The third-order valence-corrected chi connectivity index (χ3v) is 0.447. The summed E-state index contributed by atoms with van der Waals surface area (Å²) in [4.78, 5) is 3.81. The molecule has 54 valence electrons. The molecule has 0 heterocycles. The molecule has 0 aliphatic rings. The monoisotopic (exact) mass is 150 g/mol. The topological polar surface area (TPSA) is 70.3 Å². The fraction of sp³-hybridized carbons (Fsp3) is 0.750. The Kier molecular flexibility index (Phi) is 9.02. The predicted molar refractivity (Wildman–Crippen MR) is 36.3 cm³/mol. The van der Waals surface area contributed by atoms with E-state index in [9.17, 15) is 0 Å². The zero-order chi connectivity index (χ0) is 7.86. The van der Waals surface area contributed by atoms with Crippen LogP contribution >= 0.6 is 0 Å². The molecule has 9 heavy (non-hydrogen) atoms. The van der Waals surface area contributed by atoms with Crippen LogP contribution in [0.25, 0.3) is 0 Å². The summed E-state index contributed by atoms with van der Waals surface area (Å²) < 4.78 is 22.8. The van der Waals surface area contributed by atoms with Crippen LogP contribution in [-0.4, -0.2) is 21.2 Å². The van der Waals surface area contributed by atoms with Crippen LogP contribution in [0, 0.1) is 4.78 Å². The van der Waals surface area contributed by atoms with Gasteiger partial charge in [-0.3, -0.25) is 4.99 Å². The SMILES string of the molecule is CN=C(C)C.N=S(=O)=O. The highest BCUT2D eigenvalue weighted by Gasteiger charge is 1.62. The van der Waals surface area contributed by atoms with Crippen LogP contribution < -0.4 is 0 Å². The summed E-state index contributed by atoms with van der Waals surface area (Å²) >= 11 is 0. The minimum atomic E-state index is -2.61. The molecule has 0 radical (unpaired) electrons. The maximum Gasteiger partial charge on any atom is 0.308 e. The Morgan fingerprint density at radius 1 is 1.44 bits per heavy atom. The maximum absolute atomic E-state index is 8.67. The van der Waals surface area contributed by atoms with E-state index in [1.807, 2.05) is 13.8 Å². The lowest BCUT2D eigenvalue weighted by molar-refractivity contribution is 0.620. The second kappa shape index (κ2) is 7.29. The lowest BCUT2D eigenvalue weighted by Gasteiger charge is -1.74. The van der Waals surface area contributed by atoms with E-state index in [1.54, 1.807) is 7.05 Å². The lowest BCUT2D eigenvalue weighted by atomic mass is 10.5. The third-order valence-electron chi connectivity index (χ3n) is 0.447. The summed E-state index contributed by atoms with van der Waals surface area (Å²) in [5, 5.41) is 0. The van der Waals surface area contributed by atoms with Gasteiger partial charge < -0.3 is 0 Å². The quantitative estimate of drug-likeness (QED) is 0.517. The first-order valence-corrected chi connectivity index (χ1v) is 3.28. The van der Waals surface area contributed by atoms with Crippen molar-refractivity contribution in [3.05, 3.63) is 0 Å². The van der Waals surface area contributed by atoms with Crippen molar-refractivity contribution in [2.24, 2.45) is 4.99 Å². The number of hydrogen-bond donors (Lipinski definition) is 1. The normalized spacial score (nSPS) is 6.56. The van der Waals surface area contributed by atoms with Gasteiger partial charge in [-0.05, 0) is 13.8 Å². The second-order valence-electron chi connectivity index (χ2n) is 1.41. The first kappa shape index (κ1) is 11.1. The van der Waals surface area contributed by atoms with Gasteiger partial charge in [0.15, 0.2) is 0 Å². The number of nitrogens with zero attached hydrogens (tertiary/aromatic N) is 1. The zero-order valence-corrected chi connectivity index (χ0v) is 6.49. The Balaban J connectivity index is 0. The molecule has 0 aromatic heterocycles. The van der Waals surface area contributed by atoms with Crippen LogP contribution in [0.15, 0.2) is 4.99 Å². The van der Waals surface area contributed by atoms with E-state index < -0.39 is 10.5 Å². The first-order chi connectivity index (χ1) is 4.00. The molecule has 0 atom stereocenters.